The van der Waals surface area contributed by atoms with Gasteiger partial charge in [0, 0.05) is 18.3 Å². The molecular weight excluding hydrogens is 288 g/mol. The average Bonchev–Trinajstić information content (AvgIpc) is 2.91. The molecule has 0 radical (unpaired) electrons. The lowest BCUT2D eigenvalue weighted by molar-refractivity contribution is 0.0948. The molecule has 2 heterocycles. The third kappa shape index (κ3) is 3.13. The van der Waals surface area contributed by atoms with Crippen molar-refractivity contribution in [2.45, 2.75) is 19.8 Å². The number of carbonyl (C=O) groups is 1. The average molecular weight is 306 g/mol. The number of aryl methyl sites for hydroxylation is 1. The summed E-state index contributed by atoms with van der Waals surface area (Å²) >= 11 is 0. The van der Waals surface area contributed by atoms with Gasteiger partial charge in [-0.1, -0.05) is 43.3 Å². The predicted octanol–water partition coefficient (Wildman–Crippen LogP) is 3.16. The molecule has 0 fully saturated rings. The van der Waals surface area contributed by atoms with Crippen LogP contribution >= 0.6 is 0 Å². The molecule has 0 aliphatic rings. The van der Waals surface area contributed by atoms with E-state index < -0.39 is 0 Å². The fourth-order valence-corrected chi connectivity index (χ4v) is 2.49. The van der Waals surface area contributed by atoms with E-state index in [-0.39, 0.29) is 11.8 Å². The molecule has 1 amide bonds. The molecule has 0 saturated carbocycles. The molecule has 1 N–H and O–H groups in total. The van der Waals surface area contributed by atoms with Crippen molar-refractivity contribution in [2.24, 2.45) is 5.10 Å². The van der Waals surface area contributed by atoms with Gasteiger partial charge in [-0.15, -0.1) is 0 Å². The van der Waals surface area contributed by atoms with Crippen LogP contribution in [0.25, 0.3) is 5.65 Å². The number of hydrazone groups is 1. The molecule has 1 atom stereocenters. The van der Waals surface area contributed by atoms with Crippen LogP contribution in [0.5, 0.6) is 0 Å². The fourth-order valence-electron chi connectivity index (χ4n) is 2.49. The van der Waals surface area contributed by atoms with Crippen LogP contribution in [-0.4, -0.2) is 21.5 Å². The maximum atomic E-state index is 12.4. The predicted molar refractivity (Wildman–Crippen MR) is 90.7 cm³/mol. The zero-order valence-corrected chi connectivity index (χ0v) is 13.1. The third-order valence-corrected chi connectivity index (χ3v) is 3.71. The zero-order chi connectivity index (χ0) is 16.2. The summed E-state index contributed by atoms with van der Waals surface area (Å²) in [6, 6.07) is 15.6. The fraction of sp³-hybridized carbons (Fsp3) is 0.167. The van der Waals surface area contributed by atoms with E-state index in [9.17, 15) is 4.79 Å². The highest BCUT2D eigenvalue weighted by Gasteiger charge is 2.15. The summed E-state index contributed by atoms with van der Waals surface area (Å²) in [5.41, 5.74) is 5.67. The molecule has 0 aliphatic carbocycles. The Bertz CT molecular complexity index is 852. The summed E-state index contributed by atoms with van der Waals surface area (Å²) in [5, 5.41) is 4.09. The molecule has 3 rings (SSSR count). The summed E-state index contributed by atoms with van der Waals surface area (Å²) < 4.78 is 1.76. The third-order valence-electron chi connectivity index (χ3n) is 3.71. The number of fused-ring (bicyclic) bond motifs is 1. The van der Waals surface area contributed by atoms with Crippen molar-refractivity contribution < 1.29 is 4.79 Å². The molecule has 0 unspecified atom stereocenters. The number of carbonyl (C=O) groups excluding carboxylic acids is 1. The van der Waals surface area contributed by atoms with Crippen LogP contribution in [0.1, 0.15) is 34.6 Å². The van der Waals surface area contributed by atoms with Crippen molar-refractivity contribution in [1.29, 1.82) is 0 Å². The normalized spacial score (nSPS) is 12.6. The summed E-state index contributed by atoms with van der Waals surface area (Å²) in [7, 11) is 0. The highest BCUT2D eigenvalue weighted by Crippen LogP contribution is 2.13. The number of imidazole rings is 1. The first-order valence-electron chi connectivity index (χ1n) is 7.49. The minimum absolute atomic E-state index is 0.125. The van der Waals surface area contributed by atoms with Crippen molar-refractivity contribution in [3.8, 4) is 0 Å². The highest BCUT2D eigenvalue weighted by atomic mass is 16.2. The van der Waals surface area contributed by atoms with Gasteiger partial charge in [-0.25, -0.2) is 10.4 Å². The zero-order valence-electron chi connectivity index (χ0n) is 13.1. The van der Waals surface area contributed by atoms with E-state index in [1.807, 2.05) is 68.6 Å². The van der Waals surface area contributed by atoms with Gasteiger partial charge in [0.1, 0.15) is 11.3 Å². The molecule has 0 spiro atoms. The second kappa shape index (κ2) is 6.44. The van der Waals surface area contributed by atoms with Crippen LogP contribution in [0.2, 0.25) is 0 Å². The Morgan fingerprint density at radius 3 is 2.74 bits per heavy atom. The smallest absolute Gasteiger partial charge is 0.290 e. The Hall–Kier alpha value is -2.95. The Morgan fingerprint density at radius 1 is 1.22 bits per heavy atom. The van der Waals surface area contributed by atoms with E-state index in [4.69, 9.17) is 0 Å². The number of rotatable bonds is 4. The van der Waals surface area contributed by atoms with Crippen molar-refractivity contribution >= 4 is 17.8 Å². The van der Waals surface area contributed by atoms with E-state index in [1.54, 1.807) is 10.6 Å². The Kier molecular flexibility index (Phi) is 4.19. The standard InChI is InChI=1S/C18H18N4O/c1-13(15-8-4-3-5-9-15)12-19-21-18(23)17-14(2)20-16-10-6-7-11-22(16)17/h3-13H,1-2H3,(H,21,23)/b19-12-/t13-/m0/s1. The maximum absolute atomic E-state index is 12.4. The van der Waals surface area contributed by atoms with E-state index >= 15 is 0 Å². The number of aromatic nitrogens is 2. The second-order valence-electron chi connectivity index (χ2n) is 5.39. The van der Waals surface area contributed by atoms with Crippen LogP contribution in [0.15, 0.2) is 59.8 Å². The number of hydrogen-bond donors (Lipinski definition) is 1. The van der Waals surface area contributed by atoms with Crippen LogP contribution < -0.4 is 5.43 Å². The van der Waals surface area contributed by atoms with Gasteiger partial charge < -0.3 is 0 Å². The van der Waals surface area contributed by atoms with Crippen molar-refractivity contribution in [3.05, 3.63) is 71.7 Å². The first-order chi connectivity index (χ1) is 11.2. The van der Waals surface area contributed by atoms with Gasteiger partial charge in [-0.05, 0) is 24.6 Å². The summed E-state index contributed by atoms with van der Waals surface area (Å²) in [6.45, 7) is 3.85. The van der Waals surface area contributed by atoms with Crippen molar-refractivity contribution in [3.63, 3.8) is 0 Å². The molecule has 5 nitrogen and oxygen atoms in total. The molecule has 5 heteroatoms. The number of hydrogen-bond acceptors (Lipinski definition) is 3. The summed E-state index contributed by atoms with van der Waals surface area (Å²) in [6.07, 6.45) is 3.55. The number of pyridine rings is 1. The monoisotopic (exact) mass is 306 g/mol. The summed E-state index contributed by atoms with van der Waals surface area (Å²) in [5.74, 6) is -0.141. The van der Waals surface area contributed by atoms with E-state index in [1.165, 1.54) is 0 Å². The first kappa shape index (κ1) is 15.0. The van der Waals surface area contributed by atoms with Crippen LogP contribution in [0.4, 0.5) is 0 Å². The quantitative estimate of drug-likeness (QED) is 0.594. The SMILES string of the molecule is Cc1nc2ccccn2c1C(=O)N/N=C\[C@H](C)c1ccccc1. The molecule has 23 heavy (non-hydrogen) atoms. The van der Waals surface area contributed by atoms with Gasteiger partial charge in [-0.3, -0.25) is 9.20 Å². The maximum Gasteiger partial charge on any atom is 0.290 e. The molecule has 116 valence electrons. The molecule has 2 aromatic heterocycles. The number of amides is 1. The lowest BCUT2D eigenvalue weighted by Gasteiger charge is -2.05. The second-order valence-corrected chi connectivity index (χ2v) is 5.39. The van der Waals surface area contributed by atoms with E-state index in [0.29, 0.717) is 11.4 Å². The lowest BCUT2D eigenvalue weighted by atomic mass is 10.0. The summed E-state index contributed by atoms with van der Waals surface area (Å²) in [4.78, 5) is 16.7. The Labute approximate surface area is 134 Å². The molecule has 3 aromatic rings. The van der Waals surface area contributed by atoms with Gasteiger partial charge in [0.2, 0.25) is 0 Å². The van der Waals surface area contributed by atoms with Gasteiger partial charge >= 0.3 is 0 Å². The minimum atomic E-state index is -0.266. The highest BCUT2D eigenvalue weighted by molar-refractivity contribution is 5.94. The number of benzene rings is 1. The molecule has 0 saturated heterocycles. The van der Waals surface area contributed by atoms with Gasteiger partial charge in [-0.2, -0.15) is 5.10 Å². The topological polar surface area (TPSA) is 58.8 Å². The van der Waals surface area contributed by atoms with E-state index in [0.717, 1.165) is 11.2 Å². The van der Waals surface area contributed by atoms with E-state index in [2.05, 4.69) is 15.5 Å². The Morgan fingerprint density at radius 2 is 1.96 bits per heavy atom. The minimum Gasteiger partial charge on any atom is -0.295 e. The molecule has 1 aromatic carbocycles. The molecular formula is C18H18N4O. The van der Waals surface area contributed by atoms with Gasteiger partial charge in [0.15, 0.2) is 0 Å². The lowest BCUT2D eigenvalue weighted by Crippen LogP contribution is -2.20. The largest absolute Gasteiger partial charge is 0.295 e. The molecule has 0 aliphatic heterocycles. The number of nitrogens with one attached hydrogen (secondary N) is 1. The van der Waals surface area contributed by atoms with Gasteiger partial charge in [0.25, 0.3) is 5.91 Å². The van der Waals surface area contributed by atoms with Crippen LogP contribution in [0.3, 0.4) is 0 Å². The van der Waals surface area contributed by atoms with Gasteiger partial charge in [0.05, 0.1) is 5.69 Å². The van der Waals surface area contributed by atoms with Crippen molar-refractivity contribution in [1.82, 2.24) is 14.8 Å². The van der Waals surface area contributed by atoms with Crippen LogP contribution in [0, 0.1) is 6.92 Å². The van der Waals surface area contributed by atoms with Crippen molar-refractivity contribution in [2.75, 3.05) is 0 Å². The molecule has 0 bridgehead atoms. The first-order valence-corrected chi connectivity index (χ1v) is 7.49. The Balaban J connectivity index is 1.74. The number of nitrogens with zero attached hydrogens (tertiary/aromatic N) is 3. The van der Waals surface area contributed by atoms with Crippen LogP contribution in [-0.2, 0) is 0 Å².